The van der Waals surface area contributed by atoms with Crippen LogP contribution in [0.5, 0.6) is 0 Å². The number of rotatable bonds is 1. The number of hydrogen-bond donors (Lipinski definition) is 1. The van der Waals surface area contributed by atoms with Crippen LogP contribution in [0, 0.1) is 11.6 Å². The van der Waals surface area contributed by atoms with Crippen LogP contribution < -0.4 is 0 Å². The largest absolute Gasteiger partial charge is 0.418 e. The third-order valence-corrected chi connectivity index (χ3v) is 1.91. The predicted molar refractivity (Wildman–Crippen MR) is 42.4 cm³/mol. The molecule has 84 valence electrons. The summed E-state index contributed by atoms with van der Waals surface area (Å²) >= 11 is 5.12. The predicted octanol–water partition coefficient (Wildman–Crippen LogP) is 3.21. The van der Waals surface area contributed by atoms with Crippen LogP contribution in [0.25, 0.3) is 0 Å². The zero-order valence-electron chi connectivity index (χ0n) is 6.95. The molecule has 1 aromatic carbocycles. The Bertz CT molecular complexity index is 353. The highest BCUT2D eigenvalue weighted by Gasteiger charge is 2.39. The Morgan fingerprint density at radius 2 is 1.73 bits per heavy atom. The molecule has 1 atom stereocenters. The summed E-state index contributed by atoms with van der Waals surface area (Å²) < 4.78 is 61.2. The van der Waals surface area contributed by atoms with Crippen molar-refractivity contribution in [2.75, 3.05) is 0 Å². The van der Waals surface area contributed by atoms with Gasteiger partial charge in [-0.2, -0.15) is 13.2 Å². The summed E-state index contributed by atoms with van der Waals surface area (Å²) in [6, 6.07) is 0.775. The van der Waals surface area contributed by atoms with Crippen molar-refractivity contribution in [2.45, 2.75) is 12.3 Å². The van der Waals surface area contributed by atoms with Gasteiger partial charge in [0.15, 0.2) is 17.7 Å². The van der Waals surface area contributed by atoms with Crippen molar-refractivity contribution in [3.63, 3.8) is 0 Å². The van der Waals surface area contributed by atoms with Crippen molar-refractivity contribution in [3.05, 3.63) is 34.4 Å². The normalized spacial score (nSPS) is 14.1. The maximum atomic E-state index is 12.7. The van der Waals surface area contributed by atoms with Crippen molar-refractivity contribution >= 4 is 11.6 Å². The van der Waals surface area contributed by atoms with Crippen LogP contribution >= 0.6 is 11.6 Å². The molecule has 1 nitrogen and oxygen atoms in total. The van der Waals surface area contributed by atoms with Gasteiger partial charge < -0.3 is 5.11 Å². The topological polar surface area (TPSA) is 20.2 Å². The van der Waals surface area contributed by atoms with Crippen molar-refractivity contribution in [2.24, 2.45) is 0 Å². The Morgan fingerprint density at radius 1 is 1.20 bits per heavy atom. The summed E-state index contributed by atoms with van der Waals surface area (Å²) in [6.07, 6.45) is -7.83. The number of benzene rings is 1. The molecule has 0 aliphatic carbocycles. The average molecular weight is 247 g/mol. The first-order valence-corrected chi connectivity index (χ1v) is 4.00. The van der Waals surface area contributed by atoms with Crippen molar-refractivity contribution in [3.8, 4) is 0 Å². The van der Waals surface area contributed by atoms with Crippen LogP contribution in [0.1, 0.15) is 11.7 Å². The fourth-order valence-electron chi connectivity index (χ4n) is 0.922. The van der Waals surface area contributed by atoms with Crippen molar-refractivity contribution in [1.82, 2.24) is 0 Å². The van der Waals surface area contributed by atoms with Gasteiger partial charge in [-0.3, -0.25) is 0 Å². The molecule has 0 aromatic heterocycles. The molecule has 0 aliphatic heterocycles. The maximum absolute atomic E-state index is 12.7. The van der Waals surface area contributed by atoms with E-state index in [-0.39, 0.29) is 6.07 Å². The van der Waals surface area contributed by atoms with Crippen LogP contribution in [0.3, 0.4) is 0 Å². The quantitative estimate of drug-likeness (QED) is 0.596. The Morgan fingerprint density at radius 3 is 2.13 bits per heavy atom. The standard InChI is InChI=1S/C8H4ClF5O/c9-4-1-3(2-5(10)6(4)11)7(15)8(12,13)14/h1-2,7,15H. The Hall–Kier alpha value is -0.880. The summed E-state index contributed by atoms with van der Waals surface area (Å²) in [7, 11) is 0. The minimum atomic E-state index is -4.95. The lowest BCUT2D eigenvalue weighted by atomic mass is 10.1. The van der Waals surface area contributed by atoms with E-state index in [1.165, 1.54) is 0 Å². The molecule has 0 heterocycles. The van der Waals surface area contributed by atoms with E-state index < -0.39 is 34.5 Å². The fraction of sp³-hybridized carbons (Fsp3) is 0.250. The third-order valence-electron chi connectivity index (χ3n) is 1.63. The van der Waals surface area contributed by atoms with Gasteiger partial charge in [0.1, 0.15) is 0 Å². The molecule has 0 bridgehead atoms. The summed E-state index contributed by atoms with van der Waals surface area (Å²) in [6.45, 7) is 0. The third kappa shape index (κ3) is 2.57. The SMILES string of the molecule is OC(c1cc(F)c(F)c(Cl)c1)C(F)(F)F. The molecule has 0 fully saturated rings. The lowest BCUT2D eigenvalue weighted by Gasteiger charge is -2.15. The van der Waals surface area contributed by atoms with E-state index in [1.807, 2.05) is 0 Å². The van der Waals surface area contributed by atoms with Crippen molar-refractivity contribution < 1.29 is 27.1 Å². The summed E-state index contributed by atoms with van der Waals surface area (Å²) in [5.74, 6) is -2.99. The summed E-state index contributed by atoms with van der Waals surface area (Å²) in [5, 5.41) is 7.91. The van der Waals surface area contributed by atoms with E-state index in [2.05, 4.69) is 0 Å². The van der Waals surface area contributed by atoms with E-state index in [0.29, 0.717) is 6.07 Å². The Kier molecular flexibility index (Phi) is 3.20. The highest BCUT2D eigenvalue weighted by Crippen LogP contribution is 2.34. The van der Waals surface area contributed by atoms with Gasteiger partial charge in [0.05, 0.1) is 5.02 Å². The van der Waals surface area contributed by atoms with Crippen LogP contribution in [0.4, 0.5) is 22.0 Å². The average Bonchev–Trinajstić information content (AvgIpc) is 2.10. The molecule has 0 radical (unpaired) electrons. The molecule has 1 N–H and O–H groups in total. The van der Waals surface area contributed by atoms with Gasteiger partial charge in [-0.25, -0.2) is 8.78 Å². The molecule has 7 heteroatoms. The highest BCUT2D eigenvalue weighted by molar-refractivity contribution is 6.30. The summed E-state index contributed by atoms with van der Waals surface area (Å²) in [4.78, 5) is 0. The molecule has 1 unspecified atom stereocenters. The van der Waals surface area contributed by atoms with Crippen LogP contribution in [0.15, 0.2) is 12.1 Å². The zero-order chi connectivity index (χ0) is 11.8. The first kappa shape index (κ1) is 12.2. The molecule has 0 aliphatic rings. The van der Waals surface area contributed by atoms with E-state index in [4.69, 9.17) is 16.7 Å². The zero-order valence-corrected chi connectivity index (χ0v) is 7.70. The van der Waals surface area contributed by atoms with Gasteiger partial charge in [0, 0.05) is 0 Å². The van der Waals surface area contributed by atoms with Gasteiger partial charge in [-0.15, -0.1) is 0 Å². The van der Waals surface area contributed by atoms with E-state index >= 15 is 0 Å². The van der Waals surface area contributed by atoms with Gasteiger partial charge in [0.2, 0.25) is 0 Å². The molecular formula is C8H4ClF5O. The smallest absolute Gasteiger partial charge is 0.379 e. The van der Waals surface area contributed by atoms with E-state index in [1.54, 1.807) is 0 Å². The minimum Gasteiger partial charge on any atom is -0.379 e. The minimum absolute atomic E-state index is 0.249. The van der Waals surface area contributed by atoms with E-state index in [0.717, 1.165) is 0 Å². The summed E-state index contributed by atoms with van der Waals surface area (Å²) in [5.41, 5.74) is -0.841. The second kappa shape index (κ2) is 3.94. The van der Waals surface area contributed by atoms with E-state index in [9.17, 15) is 22.0 Å². The molecule has 0 saturated carbocycles. The fourth-order valence-corrected chi connectivity index (χ4v) is 1.14. The van der Waals surface area contributed by atoms with Crippen LogP contribution in [0.2, 0.25) is 5.02 Å². The van der Waals surface area contributed by atoms with Gasteiger partial charge in [-0.05, 0) is 17.7 Å². The Labute approximate surface area is 86.1 Å². The molecule has 1 rings (SSSR count). The molecule has 15 heavy (non-hydrogen) atoms. The van der Waals surface area contributed by atoms with Crippen LogP contribution in [-0.4, -0.2) is 11.3 Å². The molecular weight excluding hydrogens is 243 g/mol. The second-order valence-corrected chi connectivity index (χ2v) is 3.15. The number of aliphatic hydroxyl groups excluding tert-OH is 1. The number of aliphatic hydroxyl groups is 1. The molecule has 0 spiro atoms. The maximum Gasteiger partial charge on any atom is 0.418 e. The van der Waals surface area contributed by atoms with Crippen molar-refractivity contribution in [1.29, 1.82) is 0 Å². The molecule has 1 aromatic rings. The second-order valence-electron chi connectivity index (χ2n) is 2.74. The highest BCUT2D eigenvalue weighted by atomic mass is 35.5. The monoisotopic (exact) mass is 246 g/mol. The number of alkyl halides is 3. The van der Waals surface area contributed by atoms with Gasteiger partial charge >= 0.3 is 6.18 Å². The lowest BCUT2D eigenvalue weighted by Crippen LogP contribution is -2.20. The lowest BCUT2D eigenvalue weighted by molar-refractivity contribution is -0.206. The van der Waals surface area contributed by atoms with Gasteiger partial charge in [0.25, 0.3) is 0 Å². The van der Waals surface area contributed by atoms with Crippen LogP contribution in [-0.2, 0) is 0 Å². The molecule has 0 amide bonds. The Balaban J connectivity index is 3.17. The van der Waals surface area contributed by atoms with Gasteiger partial charge in [-0.1, -0.05) is 11.6 Å². The number of hydrogen-bond acceptors (Lipinski definition) is 1. The first-order chi connectivity index (χ1) is 6.73. The number of halogens is 6. The first-order valence-electron chi connectivity index (χ1n) is 3.62. The molecule has 0 saturated heterocycles.